The number of nitrogen functional groups attached to an aromatic ring is 1. The van der Waals surface area contributed by atoms with Crippen molar-refractivity contribution in [3.63, 3.8) is 0 Å². The third-order valence-corrected chi connectivity index (χ3v) is 3.52. The van der Waals surface area contributed by atoms with Gasteiger partial charge in [-0.15, -0.1) is 0 Å². The van der Waals surface area contributed by atoms with E-state index in [-0.39, 0.29) is 10.7 Å². The van der Waals surface area contributed by atoms with E-state index in [0.29, 0.717) is 22.4 Å². The van der Waals surface area contributed by atoms with Gasteiger partial charge in [0, 0.05) is 16.8 Å². The number of halogens is 4. The summed E-state index contributed by atoms with van der Waals surface area (Å²) < 4.78 is 38.8. The third-order valence-electron chi connectivity index (χ3n) is 3.19. The van der Waals surface area contributed by atoms with Crippen LogP contribution in [0.25, 0.3) is 10.9 Å². The van der Waals surface area contributed by atoms with Crippen LogP contribution in [-0.4, -0.2) is 9.97 Å². The molecular weight excluding hydrogens is 329 g/mol. The Hall–Kier alpha value is -2.54. The largest absolute Gasteiger partial charge is 0.417 e. The van der Waals surface area contributed by atoms with Gasteiger partial charge in [0.1, 0.15) is 12.1 Å². The van der Waals surface area contributed by atoms with E-state index in [2.05, 4.69) is 15.3 Å². The first-order valence-electron chi connectivity index (χ1n) is 6.48. The van der Waals surface area contributed by atoms with Crippen LogP contribution in [0.3, 0.4) is 0 Å². The molecule has 0 saturated heterocycles. The molecule has 1 heterocycles. The second-order valence-electron chi connectivity index (χ2n) is 4.82. The van der Waals surface area contributed by atoms with Crippen molar-refractivity contribution in [3.05, 3.63) is 53.3 Å². The Morgan fingerprint density at radius 1 is 1.04 bits per heavy atom. The van der Waals surface area contributed by atoms with Crippen LogP contribution in [0.5, 0.6) is 0 Å². The van der Waals surface area contributed by atoms with Crippen LogP contribution in [-0.2, 0) is 6.18 Å². The van der Waals surface area contributed by atoms with Gasteiger partial charge < -0.3 is 11.1 Å². The first-order valence-corrected chi connectivity index (χ1v) is 6.86. The Morgan fingerprint density at radius 2 is 1.83 bits per heavy atom. The molecular formula is C15H10ClF3N4. The van der Waals surface area contributed by atoms with Gasteiger partial charge in [0.05, 0.1) is 16.1 Å². The molecule has 4 nitrogen and oxygen atoms in total. The molecule has 0 aliphatic carbocycles. The van der Waals surface area contributed by atoms with Crippen molar-refractivity contribution in [2.75, 3.05) is 11.1 Å². The smallest absolute Gasteiger partial charge is 0.399 e. The summed E-state index contributed by atoms with van der Waals surface area (Å²) in [4.78, 5) is 8.15. The number of benzene rings is 2. The lowest BCUT2D eigenvalue weighted by Crippen LogP contribution is -2.07. The summed E-state index contributed by atoms with van der Waals surface area (Å²) in [6, 6.07) is 8.60. The second kappa shape index (κ2) is 5.58. The van der Waals surface area contributed by atoms with Crippen LogP contribution in [0.4, 0.5) is 30.4 Å². The van der Waals surface area contributed by atoms with E-state index in [0.717, 1.165) is 6.07 Å². The molecule has 2 aromatic carbocycles. The third kappa shape index (κ3) is 3.14. The molecule has 0 aliphatic rings. The number of alkyl halides is 3. The van der Waals surface area contributed by atoms with Gasteiger partial charge in [0.15, 0.2) is 0 Å². The fourth-order valence-electron chi connectivity index (χ4n) is 2.13. The van der Waals surface area contributed by atoms with Crippen molar-refractivity contribution < 1.29 is 13.2 Å². The zero-order valence-electron chi connectivity index (χ0n) is 11.5. The van der Waals surface area contributed by atoms with Gasteiger partial charge >= 0.3 is 6.18 Å². The first kappa shape index (κ1) is 15.4. The van der Waals surface area contributed by atoms with E-state index >= 15 is 0 Å². The minimum Gasteiger partial charge on any atom is -0.399 e. The highest BCUT2D eigenvalue weighted by Crippen LogP contribution is 2.37. The summed E-state index contributed by atoms with van der Waals surface area (Å²) in [5.74, 6) is 0.359. The zero-order chi connectivity index (χ0) is 16.6. The number of fused-ring (bicyclic) bond motifs is 1. The van der Waals surface area contributed by atoms with Gasteiger partial charge in [0.2, 0.25) is 0 Å². The van der Waals surface area contributed by atoms with E-state index in [1.54, 1.807) is 18.2 Å². The molecule has 0 spiro atoms. The predicted octanol–water partition coefficient (Wildman–Crippen LogP) is 4.63. The standard InChI is InChI=1S/C15H10ClF3N4/c16-12-3-2-9(6-11(12)15(17,18)19)23-14-10-5-8(20)1-4-13(10)21-7-22-14/h1-7H,20H2,(H,21,22,23). The number of nitrogens with one attached hydrogen (secondary N) is 1. The lowest BCUT2D eigenvalue weighted by Gasteiger charge is -2.13. The van der Waals surface area contributed by atoms with Gasteiger partial charge in [-0.25, -0.2) is 9.97 Å². The van der Waals surface area contributed by atoms with Gasteiger partial charge in [-0.3, -0.25) is 0 Å². The summed E-state index contributed by atoms with van der Waals surface area (Å²) in [5, 5.41) is 3.09. The Kier molecular flexibility index (Phi) is 3.73. The quantitative estimate of drug-likeness (QED) is 0.669. The molecule has 0 radical (unpaired) electrons. The summed E-state index contributed by atoms with van der Waals surface area (Å²) in [6.45, 7) is 0. The Balaban J connectivity index is 2.05. The van der Waals surface area contributed by atoms with Crippen molar-refractivity contribution in [2.45, 2.75) is 6.18 Å². The minimum absolute atomic E-state index is 0.212. The normalized spacial score (nSPS) is 11.7. The van der Waals surface area contributed by atoms with Gasteiger partial charge in [-0.05, 0) is 36.4 Å². The lowest BCUT2D eigenvalue weighted by atomic mass is 10.1. The SMILES string of the molecule is Nc1ccc2ncnc(Nc3ccc(Cl)c(C(F)(F)F)c3)c2c1. The Labute approximate surface area is 134 Å². The molecule has 0 aliphatic heterocycles. The number of nitrogens with two attached hydrogens (primary N) is 1. The average Bonchev–Trinajstić information content (AvgIpc) is 2.48. The van der Waals surface area contributed by atoms with Crippen molar-refractivity contribution in [2.24, 2.45) is 0 Å². The molecule has 0 saturated carbocycles. The zero-order valence-corrected chi connectivity index (χ0v) is 12.3. The summed E-state index contributed by atoms with van der Waals surface area (Å²) in [7, 11) is 0. The number of nitrogens with zero attached hydrogens (tertiary/aromatic N) is 2. The van der Waals surface area contributed by atoms with E-state index in [1.807, 2.05) is 0 Å². The maximum Gasteiger partial charge on any atom is 0.417 e. The second-order valence-corrected chi connectivity index (χ2v) is 5.22. The molecule has 1 aromatic heterocycles. The fraction of sp³-hybridized carbons (Fsp3) is 0.0667. The highest BCUT2D eigenvalue weighted by atomic mass is 35.5. The number of anilines is 3. The Morgan fingerprint density at radius 3 is 2.57 bits per heavy atom. The van der Waals surface area contributed by atoms with E-state index in [4.69, 9.17) is 17.3 Å². The monoisotopic (exact) mass is 338 g/mol. The van der Waals surface area contributed by atoms with E-state index in [1.165, 1.54) is 18.5 Å². The Bertz CT molecular complexity index is 880. The van der Waals surface area contributed by atoms with E-state index in [9.17, 15) is 13.2 Å². The number of hydrogen-bond acceptors (Lipinski definition) is 4. The minimum atomic E-state index is -4.53. The van der Waals surface area contributed by atoms with Crippen LogP contribution < -0.4 is 11.1 Å². The molecule has 0 atom stereocenters. The van der Waals surface area contributed by atoms with Crippen molar-refractivity contribution in [1.82, 2.24) is 9.97 Å². The molecule has 0 amide bonds. The molecule has 0 bridgehead atoms. The maximum atomic E-state index is 12.9. The fourth-order valence-corrected chi connectivity index (χ4v) is 2.36. The van der Waals surface area contributed by atoms with Crippen LogP contribution in [0, 0.1) is 0 Å². The predicted molar refractivity (Wildman–Crippen MR) is 83.7 cm³/mol. The molecule has 3 aromatic rings. The molecule has 8 heteroatoms. The molecule has 0 unspecified atom stereocenters. The highest BCUT2D eigenvalue weighted by Gasteiger charge is 2.33. The van der Waals surface area contributed by atoms with Crippen molar-refractivity contribution in [3.8, 4) is 0 Å². The molecule has 23 heavy (non-hydrogen) atoms. The van der Waals surface area contributed by atoms with Crippen LogP contribution in [0.1, 0.15) is 5.56 Å². The first-order chi connectivity index (χ1) is 10.8. The van der Waals surface area contributed by atoms with E-state index < -0.39 is 11.7 Å². The lowest BCUT2D eigenvalue weighted by molar-refractivity contribution is -0.137. The summed E-state index contributed by atoms with van der Waals surface area (Å²) in [6.07, 6.45) is -3.21. The topological polar surface area (TPSA) is 63.8 Å². The number of aromatic nitrogens is 2. The van der Waals surface area contributed by atoms with Gasteiger partial charge in [0.25, 0.3) is 0 Å². The summed E-state index contributed by atoms with van der Waals surface area (Å²) in [5.41, 5.74) is 6.16. The molecule has 3 N–H and O–H groups in total. The van der Waals surface area contributed by atoms with Crippen molar-refractivity contribution in [1.29, 1.82) is 0 Å². The van der Waals surface area contributed by atoms with Crippen LogP contribution >= 0.6 is 11.6 Å². The summed E-state index contributed by atoms with van der Waals surface area (Å²) >= 11 is 5.61. The van der Waals surface area contributed by atoms with Crippen LogP contribution in [0.15, 0.2) is 42.7 Å². The van der Waals surface area contributed by atoms with Crippen LogP contribution in [0.2, 0.25) is 5.02 Å². The van der Waals surface area contributed by atoms with Crippen molar-refractivity contribution >= 4 is 39.7 Å². The highest BCUT2D eigenvalue weighted by molar-refractivity contribution is 6.31. The van der Waals surface area contributed by atoms with Gasteiger partial charge in [-0.2, -0.15) is 13.2 Å². The number of rotatable bonds is 2. The average molecular weight is 339 g/mol. The number of hydrogen-bond donors (Lipinski definition) is 2. The maximum absolute atomic E-state index is 12.9. The molecule has 118 valence electrons. The molecule has 3 rings (SSSR count). The molecule has 0 fully saturated rings. The van der Waals surface area contributed by atoms with Gasteiger partial charge in [-0.1, -0.05) is 11.6 Å².